The molecule has 1 aliphatic rings. The van der Waals surface area contributed by atoms with E-state index in [1.165, 1.54) is 11.3 Å². The normalized spacial score (nSPS) is 17.5. The molecule has 1 unspecified atom stereocenters. The average Bonchev–Trinajstić information content (AvgIpc) is 3.29. The second kappa shape index (κ2) is 8.21. The van der Waals surface area contributed by atoms with E-state index in [-0.39, 0.29) is 31.5 Å². The predicted molar refractivity (Wildman–Crippen MR) is 88.9 cm³/mol. The van der Waals surface area contributed by atoms with Crippen LogP contribution in [0.2, 0.25) is 0 Å². The maximum Gasteiger partial charge on any atom is 0.306 e. The molecule has 0 radical (unpaired) electrons. The molecule has 0 bridgehead atoms. The summed E-state index contributed by atoms with van der Waals surface area (Å²) in [5.74, 6) is 0.204. The molecule has 8 nitrogen and oxygen atoms in total. The number of carbonyl (C=O) groups is 2. The molecule has 1 amide bonds. The van der Waals surface area contributed by atoms with Gasteiger partial charge in [-0.15, -0.1) is 11.3 Å². The number of ether oxygens (including phenoxy) is 2. The largest absolute Gasteiger partial charge is 0.456 e. The number of amides is 1. The number of aromatic nitrogens is 2. The third-order valence-electron chi connectivity index (χ3n) is 3.70. The maximum absolute atomic E-state index is 12.0. The van der Waals surface area contributed by atoms with Gasteiger partial charge in [0.2, 0.25) is 11.7 Å². The zero-order chi connectivity index (χ0) is 17.6. The van der Waals surface area contributed by atoms with Crippen LogP contribution in [0.3, 0.4) is 0 Å². The third kappa shape index (κ3) is 4.86. The van der Waals surface area contributed by atoms with Gasteiger partial charge in [-0.3, -0.25) is 9.59 Å². The maximum atomic E-state index is 12.0. The van der Waals surface area contributed by atoms with Gasteiger partial charge in [-0.05, 0) is 18.4 Å². The second-order valence-electron chi connectivity index (χ2n) is 5.67. The van der Waals surface area contributed by atoms with Crippen molar-refractivity contribution in [2.24, 2.45) is 0 Å². The van der Waals surface area contributed by atoms with Crippen LogP contribution < -0.4 is 0 Å². The highest BCUT2D eigenvalue weighted by atomic mass is 32.1. The fraction of sp³-hybridized carbons (Fsp3) is 0.500. The molecule has 1 atom stereocenters. The molecule has 3 heterocycles. The number of morpholine rings is 1. The van der Waals surface area contributed by atoms with Crippen LogP contribution in [0.15, 0.2) is 22.0 Å². The highest BCUT2D eigenvalue weighted by Gasteiger charge is 2.22. The van der Waals surface area contributed by atoms with Gasteiger partial charge in [-0.1, -0.05) is 11.2 Å². The molecular weight excluding hydrogens is 346 g/mol. The Labute approximate surface area is 148 Å². The summed E-state index contributed by atoms with van der Waals surface area (Å²) in [7, 11) is 0. The SMILES string of the molecule is CC1CN(C(=O)COC(=O)CCc2nc(-c3cccs3)no2)CCO1. The third-order valence-corrected chi connectivity index (χ3v) is 4.57. The van der Waals surface area contributed by atoms with E-state index in [2.05, 4.69) is 10.1 Å². The van der Waals surface area contributed by atoms with E-state index >= 15 is 0 Å². The van der Waals surface area contributed by atoms with Gasteiger partial charge >= 0.3 is 5.97 Å². The molecule has 0 aromatic carbocycles. The van der Waals surface area contributed by atoms with Crippen LogP contribution in [0.1, 0.15) is 19.2 Å². The van der Waals surface area contributed by atoms with Gasteiger partial charge < -0.3 is 18.9 Å². The van der Waals surface area contributed by atoms with Crippen molar-refractivity contribution in [2.45, 2.75) is 25.9 Å². The van der Waals surface area contributed by atoms with E-state index in [0.717, 1.165) is 4.88 Å². The van der Waals surface area contributed by atoms with Crippen LogP contribution in [0.25, 0.3) is 10.7 Å². The van der Waals surface area contributed by atoms with Gasteiger partial charge in [-0.2, -0.15) is 4.98 Å². The summed E-state index contributed by atoms with van der Waals surface area (Å²) >= 11 is 1.51. The number of esters is 1. The van der Waals surface area contributed by atoms with Gasteiger partial charge in [0.25, 0.3) is 5.91 Å². The van der Waals surface area contributed by atoms with Gasteiger partial charge in [-0.25, -0.2) is 0 Å². The fourth-order valence-electron chi connectivity index (χ4n) is 2.42. The minimum absolute atomic E-state index is 0.00321. The van der Waals surface area contributed by atoms with Crippen LogP contribution in [-0.2, 0) is 25.5 Å². The van der Waals surface area contributed by atoms with Crippen LogP contribution >= 0.6 is 11.3 Å². The van der Waals surface area contributed by atoms with E-state index in [1.807, 2.05) is 24.4 Å². The van der Waals surface area contributed by atoms with Gasteiger partial charge in [0.1, 0.15) is 0 Å². The molecule has 1 saturated heterocycles. The number of hydrogen-bond donors (Lipinski definition) is 0. The van der Waals surface area contributed by atoms with Crippen molar-refractivity contribution in [3.8, 4) is 10.7 Å². The molecule has 1 aliphatic heterocycles. The van der Waals surface area contributed by atoms with Crippen molar-refractivity contribution in [2.75, 3.05) is 26.3 Å². The summed E-state index contributed by atoms with van der Waals surface area (Å²) in [5, 5.41) is 5.80. The summed E-state index contributed by atoms with van der Waals surface area (Å²) < 4.78 is 15.5. The topological polar surface area (TPSA) is 94.8 Å². The number of hydrogen-bond acceptors (Lipinski definition) is 8. The molecule has 25 heavy (non-hydrogen) atoms. The number of aryl methyl sites for hydroxylation is 1. The number of rotatable bonds is 6. The first-order valence-corrected chi connectivity index (χ1v) is 8.91. The molecule has 1 fully saturated rings. The first kappa shape index (κ1) is 17.6. The van der Waals surface area contributed by atoms with E-state index in [0.29, 0.717) is 31.4 Å². The quantitative estimate of drug-likeness (QED) is 0.716. The van der Waals surface area contributed by atoms with Crippen molar-refractivity contribution in [3.63, 3.8) is 0 Å². The molecule has 2 aromatic rings. The van der Waals surface area contributed by atoms with E-state index in [1.54, 1.807) is 4.90 Å². The molecule has 0 spiro atoms. The van der Waals surface area contributed by atoms with Crippen molar-refractivity contribution < 1.29 is 23.6 Å². The number of carbonyl (C=O) groups excluding carboxylic acids is 2. The van der Waals surface area contributed by atoms with E-state index in [4.69, 9.17) is 14.0 Å². The standard InChI is InChI=1S/C16H19N3O5S/c1-11-9-19(6-7-22-11)14(20)10-23-15(21)5-4-13-17-16(18-24-13)12-3-2-8-25-12/h2-3,8,11H,4-7,9-10H2,1H3. The lowest BCUT2D eigenvalue weighted by atomic mass is 10.3. The first-order valence-electron chi connectivity index (χ1n) is 8.03. The van der Waals surface area contributed by atoms with Crippen LogP contribution in [0.5, 0.6) is 0 Å². The summed E-state index contributed by atoms with van der Waals surface area (Å²) in [6, 6.07) is 3.80. The first-order chi connectivity index (χ1) is 12.1. The molecule has 134 valence electrons. The molecular formula is C16H19N3O5S. The summed E-state index contributed by atoms with van der Waals surface area (Å²) in [4.78, 5) is 30.6. The summed E-state index contributed by atoms with van der Waals surface area (Å²) in [6.07, 6.45) is 0.363. The monoisotopic (exact) mass is 365 g/mol. The second-order valence-corrected chi connectivity index (χ2v) is 6.62. The van der Waals surface area contributed by atoms with Crippen LogP contribution in [0, 0.1) is 0 Å². The van der Waals surface area contributed by atoms with Crippen LogP contribution in [-0.4, -0.2) is 59.3 Å². The Morgan fingerprint density at radius 3 is 3.12 bits per heavy atom. The van der Waals surface area contributed by atoms with Gasteiger partial charge in [0.05, 0.1) is 24.0 Å². The van der Waals surface area contributed by atoms with E-state index in [9.17, 15) is 9.59 Å². The van der Waals surface area contributed by atoms with Crippen molar-refractivity contribution in [1.29, 1.82) is 0 Å². The Hall–Kier alpha value is -2.26. The van der Waals surface area contributed by atoms with Crippen molar-refractivity contribution in [1.82, 2.24) is 15.0 Å². The average molecular weight is 365 g/mol. The van der Waals surface area contributed by atoms with Crippen molar-refractivity contribution in [3.05, 3.63) is 23.4 Å². The highest BCUT2D eigenvalue weighted by Crippen LogP contribution is 2.21. The Balaban J connectivity index is 1.40. The number of thiophene rings is 1. The molecule has 0 aliphatic carbocycles. The lowest BCUT2D eigenvalue weighted by Gasteiger charge is -2.30. The minimum Gasteiger partial charge on any atom is -0.456 e. The Bertz CT molecular complexity index is 715. The molecule has 0 saturated carbocycles. The minimum atomic E-state index is -0.467. The Morgan fingerprint density at radius 2 is 2.36 bits per heavy atom. The lowest BCUT2D eigenvalue weighted by Crippen LogP contribution is -2.46. The van der Waals surface area contributed by atoms with Gasteiger partial charge in [0, 0.05) is 19.5 Å². The summed E-state index contributed by atoms with van der Waals surface area (Å²) in [6.45, 7) is 3.19. The smallest absolute Gasteiger partial charge is 0.306 e. The zero-order valence-corrected chi connectivity index (χ0v) is 14.7. The van der Waals surface area contributed by atoms with E-state index < -0.39 is 5.97 Å². The molecule has 3 rings (SSSR count). The molecule has 2 aromatic heterocycles. The molecule has 9 heteroatoms. The number of nitrogens with zero attached hydrogens (tertiary/aromatic N) is 3. The lowest BCUT2D eigenvalue weighted by molar-refractivity contribution is -0.154. The van der Waals surface area contributed by atoms with Gasteiger partial charge in [0.15, 0.2) is 6.61 Å². The van der Waals surface area contributed by atoms with Crippen molar-refractivity contribution >= 4 is 23.2 Å². The zero-order valence-electron chi connectivity index (χ0n) is 13.8. The fourth-order valence-corrected chi connectivity index (χ4v) is 3.07. The molecule has 0 N–H and O–H groups in total. The van der Waals surface area contributed by atoms with Crippen LogP contribution in [0.4, 0.5) is 0 Å². The highest BCUT2D eigenvalue weighted by molar-refractivity contribution is 7.13. The summed E-state index contributed by atoms with van der Waals surface area (Å²) in [5.41, 5.74) is 0. The Morgan fingerprint density at radius 1 is 1.48 bits per heavy atom. The predicted octanol–water partition coefficient (Wildman–Crippen LogP) is 1.52. The Kier molecular flexibility index (Phi) is 5.77.